The van der Waals surface area contributed by atoms with Gasteiger partial charge in [-0.15, -0.1) is 0 Å². The van der Waals surface area contributed by atoms with E-state index >= 15 is 0 Å². The van der Waals surface area contributed by atoms with Crippen LogP contribution in [0.5, 0.6) is 23.0 Å². The number of ether oxygens (including phenoxy) is 4. The molecule has 2 aromatic carbocycles. The summed E-state index contributed by atoms with van der Waals surface area (Å²) in [6, 6.07) is 6.51. The van der Waals surface area contributed by atoms with Crippen LogP contribution in [-0.2, 0) is 4.74 Å². The highest BCUT2D eigenvalue weighted by molar-refractivity contribution is 5.88. The second-order valence-corrected chi connectivity index (χ2v) is 8.49. The summed E-state index contributed by atoms with van der Waals surface area (Å²) in [6.07, 6.45) is 1.01. The first kappa shape index (κ1) is 24.8. The van der Waals surface area contributed by atoms with Gasteiger partial charge in [0.05, 0.1) is 24.9 Å². The number of methoxy groups -OCH3 is 1. The Balaban J connectivity index is 1.79. The van der Waals surface area contributed by atoms with Crippen LogP contribution in [0.3, 0.4) is 0 Å². The third kappa shape index (κ3) is 5.94. The van der Waals surface area contributed by atoms with Gasteiger partial charge < -0.3 is 29.6 Å². The maximum atomic E-state index is 14.2. The molecule has 0 spiro atoms. The maximum absolute atomic E-state index is 14.2. The summed E-state index contributed by atoms with van der Waals surface area (Å²) in [7, 11) is 3.08. The lowest BCUT2D eigenvalue weighted by Crippen LogP contribution is -2.36. The zero-order chi connectivity index (χ0) is 25.0. The zero-order valence-electron chi connectivity index (χ0n) is 19.6. The van der Waals surface area contributed by atoms with Crippen molar-refractivity contribution >= 4 is 22.7 Å². The molecular weight excluding hydrogens is 448 g/mol. The minimum Gasteiger partial charge on any atom is -0.493 e. The maximum Gasteiger partial charge on any atom is 0.410 e. The van der Waals surface area contributed by atoms with Gasteiger partial charge in [0.2, 0.25) is 0 Å². The van der Waals surface area contributed by atoms with Crippen molar-refractivity contribution in [1.29, 1.82) is 0 Å². The molecule has 3 aromatic rings. The van der Waals surface area contributed by atoms with Gasteiger partial charge in [-0.05, 0) is 32.9 Å². The number of pyridine rings is 1. The van der Waals surface area contributed by atoms with Crippen molar-refractivity contribution in [2.75, 3.05) is 33.0 Å². The third-order valence-corrected chi connectivity index (χ3v) is 4.65. The Bertz CT molecular complexity index is 1200. The van der Waals surface area contributed by atoms with Crippen LogP contribution in [0.15, 0.2) is 36.5 Å². The lowest BCUT2D eigenvalue weighted by molar-refractivity contribution is 0.0278. The monoisotopic (exact) mass is 475 g/mol. The third-order valence-electron chi connectivity index (χ3n) is 4.65. The lowest BCUT2D eigenvalue weighted by atomic mass is 10.1. The van der Waals surface area contributed by atoms with Crippen molar-refractivity contribution < 1.29 is 32.5 Å². The van der Waals surface area contributed by atoms with Crippen molar-refractivity contribution in [2.24, 2.45) is 0 Å². The number of nitrogen functional groups attached to an aromatic ring is 1. The van der Waals surface area contributed by atoms with Crippen molar-refractivity contribution in [3.63, 3.8) is 0 Å². The van der Waals surface area contributed by atoms with Crippen LogP contribution in [0.1, 0.15) is 20.8 Å². The second kappa shape index (κ2) is 9.98. The smallest absolute Gasteiger partial charge is 0.410 e. The number of hydrogen-bond donors (Lipinski definition) is 1. The fraction of sp³-hybridized carbons (Fsp3) is 0.333. The van der Waals surface area contributed by atoms with Gasteiger partial charge in [-0.1, -0.05) is 0 Å². The van der Waals surface area contributed by atoms with Crippen molar-refractivity contribution in [3.8, 4) is 23.0 Å². The highest BCUT2D eigenvalue weighted by atomic mass is 19.1. The topological polar surface area (TPSA) is 96.1 Å². The molecule has 0 aliphatic carbocycles. The first-order chi connectivity index (χ1) is 16.0. The van der Waals surface area contributed by atoms with Gasteiger partial charge in [0.15, 0.2) is 23.1 Å². The number of likely N-dealkylation sites (N-methyl/N-ethyl adjacent to an activating group) is 1. The normalized spacial score (nSPS) is 11.3. The van der Waals surface area contributed by atoms with Crippen molar-refractivity contribution in [3.05, 3.63) is 48.2 Å². The molecule has 0 saturated carbocycles. The van der Waals surface area contributed by atoms with Crippen molar-refractivity contribution in [1.82, 2.24) is 9.88 Å². The number of carbonyl (C=O) groups is 1. The number of amides is 1. The molecule has 0 aliphatic rings. The molecule has 3 rings (SSSR count). The Morgan fingerprint density at radius 3 is 2.47 bits per heavy atom. The van der Waals surface area contributed by atoms with E-state index < -0.39 is 23.3 Å². The SMILES string of the molecule is COc1cc2c(Oc3cc(F)c(N)cc3F)ccnc2cc1OCCN(C)C(=O)OC(C)(C)C. The molecule has 34 heavy (non-hydrogen) atoms. The molecular formula is C24H27F2N3O5. The molecule has 0 unspecified atom stereocenters. The zero-order valence-corrected chi connectivity index (χ0v) is 19.6. The van der Waals surface area contributed by atoms with Crippen LogP contribution in [-0.4, -0.2) is 48.9 Å². The average molecular weight is 475 g/mol. The molecule has 10 heteroatoms. The summed E-state index contributed by atoms with van der Waals surface area (Å²) in [5.41, 5.74) is 4.96. The first-order valence-electron chi connectivity index (χ1n) is 10.4. The lowest BCUT2D eigenvalue weighted by Gasteiger charge is -2.24. The highest BCUT2D eigenvalue weighted by Gasteiger charge is 2.20. The Hall–Kier alpha value is -3.82. The quantitative estimate of drug-likeness (QED) is 0.473. The van der Waals surface area contributed by atoms with Crippen LogP contribution in [0.2, 0.25) is 0 Å². The van der Waals surface area contributed by atoms with E-state index in [9.17, 15) is 13.6 Å². The van der Waals surface area contributed by atoms with E-state index in [1.54, 1.807) is 40.0 Å². The fourth-order valence-electron chi connectivity index (χ4n) is 2.95. The Morgan fingerprint density at radius 2 is 1.79 bits per heavy atom. The molecule has 1 aromatic heterocycles. The summed E-state index contributed by atoms with van der Waals surface area (Å²) in [6.45, 7) is 5.81. The second-order valence-electron chi connectivity index (χ2n) is 8.49. The molecule has 1 heterocycles. The number of hydrogen-bond acceptors (Lipinski definition) is 7. The standard InChI is InChI=1S/C24H27F2N3O5/c1-24(2,3)34-23(30)29(4)8-9-32-22-13-18-14(10-21(22)31-5)19(6-7-28-18)33-20-12-15(25)17(27)11-16(20)26/h6-7,10-13H,8-9,27H2,1-5H3. The van der Waals surface area contributed by atoms with Gasteiger partial charge >= 0.3 is 6.09 Å². The number of halogens is 2. The molecule has 0 bridgehead atoms. The molecule has 0 radical (unpaired) electrons. The molecule has 0 atom stereocenters. The van der Waals surface area contributed by atoms with E-state index in [1.807, 2.05) is 0 Å². The van der Waals surface area contributed by atoms with Gasteiger partial charge in [0, 0.05) is 36.8 Å². The number of anilines is 1. The van der Waals surface area contributed by atoms with E-state index in [0.717, 1.165) is 12.1 Å². The van der Waals surface area contributed by atoms with E-state index in [4.69, 9.17) is 24.7 Å². The molecule has 182 valence electrons. The number of aromatic nitrogens is 1. The summed E-state index contributed by atoms with van der Waals surface area (Å²) in [5.74, 6) is -0.910. The van der Waals surface area contributed by atoms with Gasteiger partial charge in [0.1, 0.15) is 23.8 Å². The summed E-state index contributed by atoms with van der Waals surface area (Å²) >= 11 is 0. The van der Waals surface area contributed by atoms with Crippen LogP contribution in [0.4, 0.5) is 19.3 Å². The molecule has 1 amide bonds. The largest absolute Gasteiger partial charge is 0.493 e. The van der Waals surface area contributed by atoms with Gasteiger partial charge in [-0.25, -0.2) is 13.6 Å². The fourth-order valence-corrected chi connectivity index (χ4v) is 2.95. The molecule has 0 fully saturated rings. The Kier molecular flexibility index (Phi) is 7.29. The average Bonchev–Trinajstić information content (AvgIpc) is 2.75. The van der Waals surface area contributed by atoms with E-state index in [-0.39, 0.29) is 30.3 Å². The Morgan fingerprint density at radius 1 is 1.06 bits per heavy atom. The Labute approximate surface area is 196 Å². The highest BCUT2D eigenvalue weighted by Crippen LogP contribution is 2.38. The minimum atomic E-state index is -0.801. The van der Waals surface area contributed by atoms with E-state index in [1.165, 1.54) is 24.3 Å². The van der Waals surface area contributed by atoms with Crippen LogP contribution in [0, 0.1) is 11.6 Å². The summed E-state index contributed by atoms with van der Waals surface area (Å²) in [5, 5.41) is 0.495. The molecule has 2 N–H and O–H groups in total. The summed E-state index contributed by atoms with van der Waals surface area (Å²) in [4.78, 5) is 17.8. The van der Waals surface area contributed by atoms with Crippen LogP contribution in [0.25, 0.3) is 10.9 Å². The van der Waals surface area contributed by atoms with Crippen molar-refractivity contribution in [2.45, 2.75) is 26.4 Å². The van der Waals surface area contributed by atoms with Crippen LogP contribution < -0.4 is 19.9 Å². The number of nitrogens with zero attached hydrogens (tertiary/aromatic N) is 2. The molecule has 8 nitrogen and oxygen atoms in total. The molecule has 0 aliphatic heterocycles. The van der Waals surface area contributed by atoms with E-state index in [0.29, 0.717) is 22.4 Å². The van der Waals surface area contributed by atoms with E-state index in [2.05, 4.69) is 4.98 Å². The predicted octanol–water partition coefficient (Wildman–Crippen LogP) is 5.14. The van der Waals surface area contributed by atoms with Gasteiger partial charge in [-0.2, -0.15) is 0 Å². The van der Waals surface area contributed by atoms with Gasteiger partial charge in [-0.3, -0.25) is 4.98 Å². The summed E-state index contributed by atoms with van der Waals surface area (Å²) < 4.78 is 50.2. The van der Waals surface area contributed by atoms with Crippen LogP contribution >= 0.6 is 0 Å². The minimum absolute atomic E-state index is 0.170. The number of benzene rings is 2. The number of carbonyl (C=O) groups excluding carboxylic acids is 1. The van der Waals surface area contributed by atoms with Gasteiger partial charge in [0.25, 0.3) is 0 Å². The number of nitrogens with two attached hydrogens (primary N) is 1. The molecule has 0 saturated heterocycles. The first-order valence-corrected chi connectivity index (χ1v) is 10.4. The number of rotatable bonds is 7. The predicted molar refractivity (Wildman–Crippen MR) is 123 cm³/mol. The number of fused-ring (bicyclic) bond motifs is 1.